The number of benzene rings is 1. The monoisotopic (exact) mass is 257 g/mol. The molecule has 0 unspecified atom stereocenters. The summed E-state index contributed by atoms with van der Waals surface area (Å²) < 4.78 is 27.1. The first-order valence-corrected chi connectivity index (χ1v) is 5.26. The van der Waals surface area contributed by atoms with Gasteiger partial charge in [0, 0.05) is 13.6 Å². The van der Waals surface area contributed by atoms with E-state index in [1.54, 1.807) is 0 Å². The van der Waals surface area contributed by atoms with Crippen LogP contribution in [0.3, 0.4) is 0 Å². The Balaban J connectivity index is 2.97. The van der Waals surface area contributed by atoms with Crippen LogP contribution in [0.5, 0.6) is 0 Å². The van der Waals surface area contributed by atoms with Gasteiger partial charge in [-0.15, -0.1) is 0 Å². The van der Waals surface area contributed by atoms with Gasteiger partial charge in [-0.3, -0.25) is 9.59 Å². The third-order valence-corrected chi connectivity index (χ3v) is 2.51. The lowest BCUT2D eigenvalue weighted by atomic mass is 10.1. The van der Waals surface area contributed by atoms with Gasteiger partial charge in [-0.05, 0) is 18.6 Å². The van der Waals surface area contributed by atoms with Crippen LogP contribution in [0.25, 0.3) is 0 Å². The number of hydrogen-bond donors (Lipinski definition) is 1. The first-order chi connectivity index (χ1) is 8.34. The zero-order chi connectivity index (χ0) is 13.9. The normalized spacial score (nSPS) is 10.2. The van der Waals surface area contributed by atoms with Crippen LogP contribution in [-0.4, -0.2) is 35.5 Å². The minimum absolute atomic E-state index is 0.110. The molecule has 1 rings (SSSR count). The van der Waals surface area contributed by atoms with Crippen molar-refractivity contribution in [2.45, 2.75) is 13.3 Å². The number of halogens is 2. The van der Waals surface area contributed by atoms with Crippen molar-refractivity contribution < 1.29 is 23.5 Å². The molecule has 6 heteroatoms. The molecule has 0 aliphatic rings. The fourth-order valence-corrected chi connectivity index (χ4v) is 1.41. The summed E-state index contributed by atoms with van der Waals surface area (Å²) >= 11 is 0. The summed E-state index contributed by atoms with van der Waals surface area (Å²) in [6, 6.07) is 2.25. The number of carbonyl (C=O) groups is 2. The smallest absolute Gasteiger partial charge is 0.305 e. The van der Waals surface area contributed by atoms with Crippen molar-refractivity contribution >= 4 is 11.9 Å². The van der Waals surface area contributed by atoms with Crippen molar-refractivity contribution in [3.63, 3.8) is 0 Å². The molecule has 1 amide bonds. The molecule has 4 nitrogen and oxygen atoms in total. The van der Waals surface area contributed by atoms with Gasteiger partial charge < -0.3 is 10.0 Å². The third kappa shape index (κ3) is 3.03. The highest BCUT2D eigenvalue weighted by atomic mass is 19.1. The Morgan fingerprint density at radius 1 is 1.33 bits per heavy atom. The lowest BCUT2D eigenvalue weighted by molar-refractivity contribution is -0.137. The van der Waals surface area contributed by atoms with Crippen LogP contribution < -0.4 is 0 Å². The number of carboxylic acid groups (broad SMARTS) is 1. The molecule has 0 saturated heterocycles. The summed E-state index contributed by atoms with van der Waals surface area (Å²) in [4.78, 5) is 23.2. The second-order valence-electron chi connectivity index (χ2n) is 3.92. The molecule has 0 aliphatic carbocycles. The molecule has 0 fully saturated rings. The molecule has 0 atom stereocenters. The summed E-state index contributed by atoms with van der Waals surface area (Å²) in [6.45, 7) is 1.31. The van der Waals surface area contributed by atoms with Gasteiger partial charge in [0.25, 0.3) is 5.91 Å². The van der Waals surface area contributed by atoms with E-state index < -0.39 is 29.1 Å². The molecule has 98 valence electrons. The summed E-state index contributed by atoms with van der Waals surface area (Å²) in [5.74, 6) is -3.82. The van der Waals surface area contributed by atoms with Gasteiger partial charge in [0.15, 0.2) is 0 Å². The lowest BCUT2D eigenvalue weighted by Gasteiger charge is -2.17. The molecular formula is C12H13F2NO3. The second kappa shape index (κ2) is 5.57. The Kier molecular flexibility index (Phi) is 4.36. The van der Waals surface area contributed by atoms with E-state index in [0.717, 1.165) is 11.0 Å². The maximum atomic E-state index is 13.7. The van der Waals surface area contributed by atoms with Gasteiger partial charge in [0.1, 0.15) is 17.2 Å². The number of carboxylic acids is 1. The summed E-state index contributed by atoms with van der Waals surface area (Å²) in [7, 11) is 1.30. The molecular weight excluding hydrogens is 244 g/mol. The van der Waals surface area contributed by atoms with Crippen molar-refractivity contribution in [3.05, 3.63) is 34.9 Å². The molecule has 18 heavy (non-hydrogen) atoms. The zero-order valence-corrected chi connectivity index (χ0v) is 10.0. The molecule has 0 radical (unpaired) electrons. The minimum Gasteiger partial charge on any atom is -0.481 e. The number of nitrogens with zero attached hydrogens (tertiary/aromatic N) is 1. The lowest BCUT2D eigenvalue weighted by Crippen LogP contribution is -2.30. The highest BCUT2D eigenvalue weighted by molar-refractivity contribution is 5.95. The quantitative estimate of drug-likeness (QED) is 0.895. The second-order valence-corrected chi connectivity index (χ2v) is 3.92. The number of hydrogen-bond acceptors (Lipinski definition) is 2. The standard InChI is InChI=1S/C12H13F2NO3/c1-7-3-4-8(13)10(11(7)14)12(18)15(2)6-5-9(16)17/h3-4H,5-6H2,1-2H3,(H,16,17). The SMILES string of the molecule is Cc1ccc(F)c(C(=O)N(C)CCC(=O)O)c1F. The van der Waals surface area contributed by atoms with E-state index >= 15 is 0 Å². The van der Waals surface area contributed by atoms with Gasteiger partial charge in [0.2, 0.25) is 0 Å². The van der Waals surface area contributed by atoms with E-state index in [1.807, 2.05) is 0 Å². The van der Waals surface area contributed by atoms with Crippen molar-refractivity contribution in [3.8, 4) is 0 Å². The first kappa shape index (κ1) is 14.1. The first-order valence-electron chi connectivity index (χ1n) is 5.26. The minimum atomic E-state index is -1.08. The van der Waals surface area contributed by atoms with Gasteiger partial charge in [-0.1, -0.05) is 6.07 Å². The van der Waals surface area contributed by atoms with E-state index in [-0.39, 0.29) is 18.5 Å². The third-order valence-electron chi connectivity index (χ3n) is 2.51. The Morgan fingerprint density at radius 3 is 2.50 bits per heavy atom. The molecule has 0 heterocycles. The Hall–Kier alpha value is -1.98. The van der Waals surface area contributed by atoms with Crippen molar-refractivity contribution in [2.75, 3.05) is 13.6 Å². The summed E-state index contributed by atoms with van der Waals surface area (Å²) in [5.41, 5.74) is -0.491. The summed E-state index contributed by atoms with van der Waals surface area (Å²) in [5, 5.41) is 8.48. The molecule has 0 spiro atoms. The van der Waals surface area contributed by atoms with Crippen LogP contribution in [0.1, 0.15) is 22.3 Å². The Labute approximate surface area is 103 Å². The average Bonchev–Trinajstić information content (AvgIpc) is 2.31. The van der Waals surface area contributed by atoms with Crippen molar-refractivity contribution in [1.82, 2.24) is 4.90 Å². The number of amides is 1. The number of carbonyl (C=O) groups excluding carboxylic acids is 1. The van der Waals surface area contributed by atoms with Crippen LogP contribution in [0, 0.1) is 18.6 Å². The highest BCUT2D eigenvalue weighted by Crippen LogP contribution is 2.17. The molecule has 1 aromatic rings. The molecule has 0 aliphatic heterocycles. The fraction of sp³-hybridized carbons (Fsp3) is 0.333. The van der Waals surface area contributed by atoms with Crippen LogP contribution in [-0.2, 0) is 4.79 Å². The predicted octanol–water partition coefficient (Wildman–Crippen LogP) is 1.82. The average molecular weight is 257 g/mol. The molecule has 0 saturated carbocycles. The van der Waals surface area contributed by atoms with Gasteiger partial charge in [-0.25, -0.2) is 8.78 Å². The van der Waals surface area contributed by atoms with Crippen LogP contribution >= 0.6 is 0 Å². The van der Waals surface area contributed by atoms with E-state index in [4.69, 9.17) is 5.11 Å². The van der Waals surface area contributed by atoms with Gasteiger partial charge >= 0.3 is 5.97 Å². The zero-order valence-electron chi connectivity index (χ0n) is 10.0. The maximum Gasteiger partial charge on any atom is 0.305 e. The largest absolute Gasteiger partial charge is 0.481 e. The van der Waals surface area contributed by atoms with E-state index in [9.17, 15) is 18.4 Å². The van der Waals surface area contributed by atoms with Crippen molar-refractivity contribution in [1.29, 1.82) is 0 Å². The Morgan fingerprint density at radius 2 is 1.94 bits per heavy atom. The van der Waals surface area contributed by atoms with Crippen LogP contribution in [0.15, 0.2) is 12.1 Å². The summed E-state index contributed by atoms with van der Waals surface area (Å²) in [6.07, 6.45) is -0.280. The topological polar surface area (TPSA) is 57.6 Å². The number of aliphatic carboxylic acids is 1. The molecule has 0 bridgehead atoms. The predicted molar refractivity (Wildman–Crippen MR) is 60.3 cm³/mol. The van der Waals surface area contributed by atoms with E-state index in [2.05, 4.69) is 0 Å². The highest BCUT2D eigenvalue weighted by Gasteiger charge is 2.22. The van der Waals surface area contributed by atoms with Crippen molar-refractivity contribution in [2.24, 2.45) is 0 Å². The maximum absolute atomic E-state index is 13.7. The van der Waals surface area contributed by atoms with Crippen LogP contribution in [0.2, 0.25) is 0 Å². The molecule has 1 N–H and O–H groups in total. The van der Waals surface area contributed by atoms with Crippen LogP contribution in [0.4, 0.5) is 8.78 Å². The Bertz CT molecular complexity index is 488. The van der Waals surface area contributed by atoms with E-state index in [1.165, 1.54) is 20.0 Å². The molecule has 0 aromatic heterocycles. The number of rotatable bonds is 4. The fourth-order valence-electron chi connectivity index (χ4n) is 1.41. The van der Waals surface area contributed by atoms with E-state index in [0.29, 0.717) is 0 Å². The van der Waals surface area contributed by atoms with Gasteiger partial charge in [0.05, 0.1) is 6.42 Å². The molecule has 1 aromatic carbocycles. The van der Waals surface area contributed by atoms with Gasteiger partial charge in [-0.2, -0.15) is 0 Å². The number of aryl methyl sites for hydroxylation is 1.